The average molecular weight is 363 g/mol. The van der Waals surface area contributed by atoms with Crippen molar-refractivity contribution in [3.8, 4) is 22.5 Å². The summed E-state index contributed by atoms with van der Waals surface area (Å²) < 4.78 is 1.93. The predicted octanol–water partition coefficient (Wildman–Crippen LogP) is 4.60. The van der Waals surface area contributed by atoms with Crippen LogP contribution in [0.1, 0.15) is 5.56 Å². The normalized spacial score (nSPS) is 11.0. The average Bonchev–Trinajstić information content (AvgIpc) is 3.23. The Balaban J connectivity index is 1.45. The van der Waals surface area contributed by atoms with Crippen LogP contribution in [0.5, 0.6) is 0 Å². The molecule has 0 saturated heterocycles. The summed E-state index contributed by atoms with van der Waals surface area (Å²) in [5.41, 5.74) is 6.78. The maximum atomic E-state index is 4.75. The summed E-state index contributed by atoms with van der Waals surface area (Å²) >= 11 is 0. The van der Waals surface area contributed by atoms with Crippen LogP contribution in [0.3, 0.4) is 0 Å². The highest BCUT2D eigenvalue weighted by molar-refractivity contribution is 5.78. The van der Waals surface area contributed by atoms with Gasteiger partial charge >= 0.3 is 0 Å². The highest BCUT2D eigenvalue weighted by Crippen LogP contribution is 2.25. The molecule has 0 radical (unpaired) electrons. The van der Waals surface area contributed by atoms with E-state index < -0.39 is 0 Å². The van der Waals surface area contributed by atoms with Crippen LogP contribution in [0.15, 0.2) is 91.5 Å². The summed E-state index contributed by atoms with van der Waals surface area (Å²) in [6, 6.07) is 22.2. The van der Waals surface area contributed by atoms with Crippen LogP contribution in [0, 0.1) is 0 Å². The van der Waals surface area contributed by atoms with Crippen molar-refractivity contribution in [1.29, 1.82) is 0 Å². The third-order valence-electron chi connectivity index (χ3n) is 4.61. The van der Waals surface area contributed by atoms with E-state index >= 15 is 0 Å². The Morgan fingerprint density at radius 1 is 0.750 bits per heavy atom. The van der Waals surface area contributed by atoms with Gasteiger partial charge in [-0.2, -0.15) is 5.10 Å². The summed E-state index contributed by atoms with van der Waals surface area (Å²) in [5.74, 6) is 0. The van der Waals surface area contributed by atoms with Crippen LogP contribution in [-0.4, -0.2) is 24.7 Å². The lowest BCUT2D eigenvalue weighted by Gasteiger charge is -2.05. The maximum Gasteiger partial charge on any atom is 0.0923 e. The number of pyridine rings is 1. The van der Waals surface area contributed by atoms with Crippen LogP contribution >= 0.6 is 0 Å². The van der Waals surface area contributed by atoms with Crippen molar-refractivity contribution >= 4 is 11.0 Å². The summed E-state index contributed by atoms with van der Waals surface area (Å²) in [7, 11) is 0. The molecule has 5 nitrogen and oxygen atoms in total. The van der Waals surface area contributed by atoms with Gasteiger partial charge in [0.2, 0.25) is 0 Å². The smallest absolute Gasteiger partial charge is 0.0923 e. The molecule has 5 rings (SSSR count). The van der Waals surface area contributed by atoms with Crippen LogP contribution < -0.4 is 0 Å². The summed E-state index contributed by atoms with van der Waals surface area (Å²) in [6.07, 6.45) is 7.45. The molecular formula is C23H17N5. The van der Waals surface area contributed by atoms with Crippen molar-refractivity contribution in [1.82, 2.24) is 24.7 Å². The maximum absolute atomic E-state index is 4.75. The lowest BCUT2D eigenvalue weighted by atomic mass is 10.1. The molecule has 0 aliphatic heterocycles. The standard InChI is InChI=1S/C23H17N5/c1-2-9-22-21(8-1)25-15-23(26-22)19-7-3-6-18(13-19)20-10-12-28(27-20)16-17-5-4-11-24-14-17/h1-15H,16H2. The Hall–Kier alpha value is -3.86. The van der Waals surface area contributed by atoms with Crippen LogP contribution in [0.25, 0.3) is 33.5 Å². The fraction of sp³-hybridized carbons (Fsp3) is 0.0435. The molecule has 3 heterocycles. The number of para-hydroxylation sites is 2. The van der Waals surface area contributed by atoms with Crippen molar-refractivity contribution in [2.45, 2.75) is 6.54 Å². The molecule has 0 saturated carbocycles. The van der Waals surface area contributed by atoms with Gasteiger partial charge in [0.15, 0.2) is 0 Å². The van der Waals surface area contributed by atoms with Crippen molar-refractivity contribution in [3.05, 3.63) is 97.1 Å². The van der Waals surface area contributed by atoms with Crippen molar-refractivity contribution in [2.24, 2.45) is 0 Å². The van der Waals surface area contributed by atoms with Gasteiger partial charge in [0, 0.05) is 29.7 Å². The van der Waals surface area contributed by atoms with Crippen molar-refractivity contribution in [3.63, 3.8) is 0 Å². The number of rotatable bonds is 4. The van der Waals surface area contributed by atoms with E-state index in [4.69, 9.17) is 10.1 Å². The number of aromatic nitrogens is 5. The molecule has 0 spiro atoms. The second-order valence-electron chi connectivity index (χ2n) is 6.58. The molecule has 28 heavy (non-hydrogen) atoms. The van der Waals surface area contributed by atoms with Crippen molar-refractivity contribution < 1.29 is 0 Å². The number of nitrogens with zero attached hydrogens (tertiary/aromatic N) is 5. The number of fused-ring (bicyclic) bond motifs is 1. The zero-order valence-corrected chi connectivity index (χ0v) is 15.1. The largest absolute Gasteiger partial charge is 0.268 e. The monoisotopic (exact) mass is 363 g/mol. The molecule has 0 aliphatic carbocycles. The summed E-state index contributed by atoms with van der Waals surface area (Å²) in [4.78, 5) is 13.4. The lowest BCUT2D eigenvalue weighted by Crippen LogP contribution is -2.00. The van der Waals surface area contributed by atoms with E-state index in [9.17, 15) is 0 Å². The first-order chi connectivity index (χ1) is 13.8. The Morgan fingerprint density at radius 2 is 1.61 bits per heavy atom. The highest BCUT2D eigenvalue weighted by atomic mass is 15.3. The van der Waals surface area contributed by atoms with Gasteiger partial charge in [0.1, 0.15) is 0 Å². The third kappa shape index (κ3) is 3.25. The molecule has 5 aromatic rings. The number of hydrogen-bond donors (Lipinski definition) is 0. The van der Waals surface area contributed by atoms with Gasteiger partial charge in [-0.3, -0.25) is 14.6 Å². The minimum Gasteiger partial charge on any atom is -0.268 e. The van der Waals surface area contributed by atoms with E-state index in [0.29, 0.717) is 6.54 Å². The molecule has 0 bridgehead atoms. The zero-order valence-electron chi connectivity index (χ0n) is 15.1. The Labute approximate surface area is 162 Å². The molecule has 5 heteroatoms. The Morgan fingerprint density at radius 3 is 2.46 bits per heavy atom. The zero-order chi connectivity index (χ0) is 18.8. The first kappa shape index (κ1) is 16.3. The molecule has 134 valence electrons. The quantitative estimate of drug-likeness (QED) is 0.468. The first-order valence-corrected chi connectivity index (χ1v) is 9.10. The van der Waals surface area contributed by atoms with Gasteiger partial charge in [0.25, 0.3) is 0 Å². The molecule has 0 aliphatic rings. The van der Waals surface area contributed by atoms with E-state index in [1.165, 1.54) is 0 Å². The van der Waals surface area contributed by atoms with Gasteiger partial charge in [-0.1, -0.05) is 36.4 Å². The molecule has 0 amide bonds. The molecule has 0 fully saturated rings. The van der Waals surface area contributed by atoms with Crippen LogP contribution in [0.4, 0.5) is 0 Å². The first-order valence-electron chi connectivity index (χ1n) is 9.10. The van der Waals surface area contributed by atoms with Crippen LogP contribution in [0.2, 0.25) is 0 Å². The van der Waals surface area contributed by atoms with Crippen molar-refractivity contribution in [2.75, 3.05) is 0 Å². The second-order valence-corrected chi connectivity index (χ2v) is 6.58. The minimum absolute atomic E-state index is 0.698. The summed E-state index contributed by atoms with van der Waals surface area (Å²) in [6.45, 7) is 0.698. The molecule has 3 aromatic heterocycles. The highest BCUT2D eigenvalue weighted by Gasteiger charge is 2.07. The Bertz CT molecular complexity index is 1240. The van der Waals surface area contributed by atoms with E-state index in [1.54, 1.807) is 6.20 Å². The second kappa shape index (κ2) is 7.04. The van der Waals surface area contributed by atoms with Gasteiger partial charge in [0.05, 0.1) is 35.2 Å². The van der Waals surface area contributed by atoms with E-state index in [0.717, 1.165) is 39.1 Å². The molecule has 0 atom stereocenters. The van der Waals surface area contributed by atoms with E-state index in [2.05, 4.69) is 28.2 Å². The fourth-order valence-electron chi connectivity index (χ4n) is 3.22. The third-order valence-corrected chi connectivity index (χ3v) is 4.61. The SMILES string of the molecule is c1cncc(Cn2ccc(-c3cccc(-c4cnc5ccccc5n4)c3)n2)c1. The van der Waals surface area contributed by atoms with Gasteiger partial charge in [-0.25, -0.2) is 4.98 Å². The lowest BCUT2D eigenvalue weighted by molar-refractivity contribution is 0.687. The van der Waals surface area contributed by atoms with Gasteiger partial charge in [-0.15, -0.1) is 0 Å². The topological polar surface area (TPSA) is 56.5 Å². The fourth-order valence-corrected chi connectivity index (χ4v) is 3.22. The predicted molar refractivity (Wildman–Crippen MR) is 110 cm³/mol. The van der Waals surface area contributed by atoms with E-state index in [1.807, 2.05) is 71.8 Å². The number of benzene rings is 2. The number of hydrogen-bond acceptors (Lipinski definition) is 4. The Kier molecular flexibility index (Phi) is 4.10. The molecular weight excluding hydrogens is 346 g/mol. The molecule has 2 aromatic carbocycles. The van der Waals surface area contributed by atoms with Gasteiger partial charge < -0.3 is 0 Å². The van der Waals surface area contributed by atoms with E-state index in [-0.39, 0.29) is 0 Å². The minimum atomic E-state index is 0.698. The molecule has 0 N–H and O–H groups in total. The summed E-state index contributed by atoms with van der Waals surface area (Å²) in [5, 5.41) is 4.71. The van der Waals surface area contributed by atoms with Gasteiger partial charge in [-0.05, 0) is 35.9 Å². The van der Waals surface area contributed by atoms with Crippen LogP contribution in [-0.2, 0) is 6.54 Å². The molecule has 0 unspecified atom stereocenters.